The van der Waals surface area contributed by atoms with Crippen LogP contribution in [0.3, 0.4) is 0 Å². The van der Waals surface area contributed by atoms with Crippen molar-refractivity contribution in [2.24, 2.45) is 0 Å². The van der Waals surface area contributed by atoms with Crippen molar-refractivity contribution in [1.29, 1.82) is 5.26 Å². The number of nitrogens with one attached hydrogen (secondary N) is 1. The van der Waals surface area contributed by atoms with Crippen molar-refractivity contribution < 1.29 is 13.2 Å². The lowest BCUT2D eigenvalue weighted by Crippen LogP contribution is -2.31. The first-order chi connectivity index (χ1) is 10.8. The minimum atomic E-state index is -4.03. The van der Waals surface area contributed by atoms with E-state index in [1.54, 1.807) is 12.1 Å². The minimum absolute atomic E-state index is 0.0416. The number of benzene rings is 2. The predicted molar refractivity (Wildman–Crippen MR) is 89.1 cm³/mol. The Hall–Kier alpha value is -2.17. The zero-order chi connectivity index (χ0) is 17.0. The molecular weight excluding hydrogens is 380 g/mol. The Labute approximate surface area is 143 Å². The molecule has 0 aliphatic carbocycles. The molecule has 2 aromatic carbocycles. The largest absolute Gasteiger partial charge is 0.274 e. The lowest BCUT2D eigenvalue weighted by molar-refractivity contribution is -0.118. The van der Waals surface area contributed by atoms with E-state index in [2.05, 4.69) is 15.9 Å². The number of carbonyl (C=O) groups is 1. The average Bonchev–Trinajstić information content (AvgIpc) is 2.45. The molecule has 0 radical (unpaired) electrons. The molecule has 118 valence electrons. The molecule has 0 spiro atoms. The molecule has 0 saturated carbocycles. The minimum Gasteiger partial charge on any atom is -0.274 e. The molecule has 0 aliphatic heterocycles. The second kappa shape index (κ2) is 6.94. The van der Waals surface area contributed by atoms with Gasteiger partial charge in [-0.2, -0.15) is 5.26 Å². The molecule has 0 atom stereocenters. The van der Waals surface area contributed by atoms with Gasteiger partial charge in [-0.25, -0.2) is 13.1 Å². The van der Waals surface area contributed by atoms with Crippen LogP contribution in [0.2, 0.25) is 0 Å². The quantitative estimate of drug-likeness (QED) is 0.865. The summed E-state index contributed by atoms with van der Waals surface area (Å²) in [7, 11) is -4.03. The fourth-order valence-electron chi connectivity index (χ4n) is 2.03. The normalized spacial score (nSPS) is 10.8. The molecule has 1 N–H and O–H groups in total. The summed E-state index contributed by atoms with van der Waals surface area (Å²) in [5.74, 6) is -0.630. The fourth-order valence-corrected chi connectivity index (χ4v) is 3.73. The van der Waals surface area contributed by atoms with Crippen molar-refractivity contribution in [3.8, 4) is 6.07 Å². The van der Waals surface area contributed by atoms with Gasteiger partial charge in [0.2, 0.25) is 5.91 Å². The van der Waals surface area contributed by atoms with Crippen molar-refractivity contribution in [3.63, 3.8) is 0 Å². The van der Waals surface area contributed by atoms with Crippen molar-refractivity contribution in [2.75, 3.05) is 0 Å². The molecule has 0 bridgehead atoms. The first-order valence-electron chi connectivity index (χ1n) is 6.62. The first kappa shape index (κ1) is 17.2. The molecule has 0 heterocycles. The summed E-state index contributed by atoms with van der Waals surface area (Å²) in [6, 6.07) is 13.2. The standard InChI is InChI=1S/C16H13BrN2O3S/c1-11-3-2-4-12(5-11)8-16(20)19-23(21,22)15-7-13(10-18)6-14(17)9-15/h2-7,9H,8H2,1H3,(H,19,20). The number of amides is 1. The third-order valence-corrected chi connectivity index (χ3v) is 4.82. The highest BCUT2D eigenvalue weighted by Gasteiger charge is 2.19. The van der Waals surface area contributed by atoms with Crippen LogP contribution in [0.5, 0.6) is 0 Å². The Morgan fingerprint density at radius 3 is 2.65 bits per heavy atom. The monoisotopic (exact) mass is 392 g/mol. The van der Waals surface area contributed by atoms with Crippen LogP contribution in [0.25, 0.3) is 0 Å². The van der Waals surface area contributed by atoms with Gasteiger partial charge in [0.25, 0.3) is 10.0 Å². The molecular formula is C16H13BrN2O3S. The van der Waals surface area contributed by atoms with Crippen LogP contribution >= 0.6 is 15.9 Å². The van der Waals surface area contributed by atoms with E-state index in [1.165, 1.54) is 18.2 Å². The van der Waals surface area contributed by atoms with Crippen LogP contribution in [0.1, 0.15) is 16.7 Å². The van der Waals surface area contributed by atoms with E-state index in [0.717, 1.165) is 11.1 Å². The lowest BCUT2D eigenvalue weighted by atomic mass is 10.1. The molecule has 2 rings (SSSR count). The maximum Gasteiger partial charge on any atom is 0.264 e. The van der Waals surface area contributed by atoms with Gasteiger partial charge >= 0.3 is 0 Å². The highest BCUT2D eigenvalue weighted by atomic mass is 79.9. The summed E-state index contributed by atoms with van der Waals surface area (Å²) in [6.07, 6.45) is -0.0416. The number of hydrogen-bond acceptors (Lipinski definition) is 4. The Morgan fingerprint density at radius 2 is 2.00 bits per heavy atom. The summed E-state index contributed by atoms with van der Waals surface area (Å²) in [5, 5.41) is 8.90. The number of hydrogen-bond donors (Lipinski definition) is 1. The molecule has 2 aromatic rings. The predicted octanol–water partition coefficient (Wildman–Crippen LogP) is 2.68. The van der Waals surface area contributed by atoms with E-state index < -0.39 is 15.9 Å². The summed E-state index contributed by atoms with van der Waals surface area (Å²) >= 11 is 3.15. The summed E-state index contributed by atoms with van der Waals surface area (Å²) in [5.41, 5.74) is 1.90. The highest BCUT2D eigenvalue weighted by molar-refractivity contribution is 9.10. The zero-order valence-corrected chi connectivity index (χ0v) is 14.6. The van der Waals surface area contributed by atoms with Crippen molar-refractivity contribution >= 4 is 31.9 Å². The Balaban J connectivity index is 2.19. The van der Waals surface area contributed by atoms with Crippen LogP contribution < -0.4 is 4.72 Å². The summed E-state index contributed by atoms with van der Waals surface area (Å²) in [6.45, 7) is 1.89. The van der Waals surface area contributed by atoms with Gasteiger partial charge in [0.05, 0.1) is 22.9 Å². The van der Waals surface area contributed by atoms with E-state index in [0.29, 0.717) is 4.47 Å². The maximum atomic E-state index is 12.3. The molecule has 0 saturated heterocycles. The number of aryl methyl sites for hydroxylation is 1. The molecule has 23 heavy (non-hydrogen) atoms. The molecule has 7 heteroatoms. The fraction of sp³-hybridized carbons (Fsp3) is 0.125. The number of nitriles is 1. The van der Waals surface area contributed by atoms with Gasteiger partial charge in [0, 0.05) is 4.47 Å². The second-order valence-corrected chi connectivity index (χ2v) is 7.58. The van der Waals surface area contributed by atoms with Gasteiger partial charge in [0.1, 0.15) is 0 Å². The van der Waals surface area contributed by atoms with E-state index in [1.807, 2.05) is 29.8 Å². The van der Waals surface area contributed by atoms with Crippen LogP contribution in [0.4, 0.5) is 0 Å². The van der Waals surface area contributed by atoms with Crippen LogP contribution in [0, 0.1) is 18.3 Å². The van der Waals surface area contributed by atoms with Crippen LogP contribution in [-0.4, -0.2) is 14.3 Å². The SMILES string of the molecule is Cc1cccc(CC(=O)NS(=O)(=O)c2cc(Br)cc(C#N)c2)c1. The Bertz CT molecular complexity index is 902. The van der Waals surface area contributed by atoms with Gasteiger partial charge < -0.3 is 0 Å². The number of halogens is 1. The van der Waals surface area contributed by atoms with Gasteiger partial charge in [-0.1, -0.05) is 45.8 Å². The van der Waals surface area contributed by atoms with Crippen LogP contribution in [-0.2, 0) is 21.2 Å². The first-order valence-corrected chi connectivity index (χ1v) is 8.89. The summed E-state index contributed by atoms with van der Waals surface area (Å²) < 4.78 is 27.0. The number of rotatable bonds is 4. The van der Waals surface area contributed by atoms with Gasteiger partial charge in [-0.3, -0.25) is 4.79 Å². The maximum absolute atomic E-state index is 12.3. The second-order valence-electron chi connectivity index (χ2n) is 4.98. The van der Waals surface area contributed by atoms with Gasteiger partial charge in [0.15, 0.2) is 0 Å². The zero-order valence-electron chi connectivity index (χ0n) is 12.2. The lowest BCUT2D eigenvalue weighted by Gasteiger charge is -2.08. The van der Waals surface area contributed by atoms with Gasteiger partial charge in [-0.05, 0) is 30.7 Å². The van der Waals surface area contributed by atoms with E-state index in [9.17, 15) is 13.2 Å². The number of nitrogens with zero attached hydrogens (tertiary/aromatic N) is 1. The van der Waals surface area contributed by atoms with E-state index >= 15 is 0 Å². The number of sulfonamides is 1. The summed E-state index contributed by atoms with van der Waals surface area (Å²) in [4.78, 5) is 11.8. The van der Waals surface area contributed by atoms with E-state index in [4.69, 9.17) is 5.26 Å². The Morgan fingerprint density at radius 1 is 1.26 bits per heavy atom. The van der Waals surface area contributed by atoms with Crippen molar-refractivity contribution in [1.82, 2.24) is 4.72 Å². The highest BCUT2D eigenvalue weighted by Crippen LogP contribution is 2.19. The molecule has 0 aromatic heterocycles. The molecule has 0 aliphatic rings. The Kier molecular flexibility index (Phi) is 5.19. The van der Waals surface area contributed by atoms with Crippen molar-refractivity contribution in [3.05, 3.63) is 63.6 Å². The average molecular weight is 393 g/mol. The molecule has 5 nitrogen and oxygen atoms in total. The van der Waals surface area contributed by atoms with E-state index in [-0.39, 0.29) is 16.9 Å². The molecule has 0 fully saturated rings. The number of carbonyl (C=O) groups excluding carboxylic acids is 1. The molecule has 1 amide bonds. The third-order valence-electron chi connectivity index (χ3n) is 3.01. The third kappa shape index (κ3) is 4.65. The topological polar surface area (TPSA) is 87.0 Å². The van der Waals surface area contributed by atoms with Crippen LogP contribution in [0.15, 0.2) is 51.8 Å². The van der Waals surface area contributed by atoms with Gasteiger partial charge in [-0.15, -0.1) is 0 Å². The van der Waals surface area contributed by atoms with Crippen molar-refractivity contribution in [2.45, 2.75) is 18.2 Å². The molecule has 0 unspecified atom stereocenters. The smallest absolute Gasteiger partial charge is 0.264 e.